The quantitative estimate of drug-likeness (QED) is 0.423. The maximum Gasteiger partial charge on any atom is 0.191 e. The molecule has 0 radical (unpaired) electrons. The Morgan fingerprint density at radius 2 is 2.19 bits per heavy atom. The number of piperidine rings is 1. The summed E-state index contributed by atoms with van der Waals surface area (Å²) in [7, 11) is 1.75. The lowest BCUT2D eigenvalue weighted by Crippen LogP contribution is -2.41. The molecular formula is C20H33FN4O. The van der Waals surface area contributed by atoms with Gasteiger partial charge in [0, 0.05) is 32.7 Å². The Hall–Kier alpha value is -1.82. The summed E-state index contributed by atoms with van der Waals surface area (Å²) >= 11 is 0. The van der Waals surface area contributed by atoms with Crippen molar-refractivity contribution in [3.63, 3.8) is 0 Å². The van der Waals surface area contributed by atoms with Crippen LogP contribution in [0.3, 0.4) is 0 Å². The van der Waals surface area contributed by atoms with Gasteiger partial charge in [-0.2, -0.15) is 0 Å². The molecule has 1 aromatic carbocycles. The Balaban J connectivity index is 1.70. The van der Waals surface area contributed by atoms with E-state index in [2.05, 4.69) is 27.4 Å². The molecule has 1 aliphatic heterocycles. The van der Waals surface area contributed by atoms with E-state index in [9.17, 15) is 4.39 Å². The molecule has 146 valence electrons. The topological polar surface area (TPSA) is 48.9 Å². The smallest absolute Gasteiger partial charge is 0.191 e. The van der Waals surface area contributed by atoms with Gasteiger partial charge in [-0.05, 0) is 57.4 Å². The van der Waals surface area contributed by atoms with Gasteiger partial charge in [-0.15, -0.1) is 0 Å². The molecule has 1 fully saturated rings. The number of hydrogen-bond donors (Lipinski definition) is 2. The SMILES string of the molecule is CCOc1ccc(CNC(=NC)NCCCN2CCCCC2C)cc1F. The van der Waals surface area contributed by atoms with Crippen molar-refractivity contribution in [2.75, 3.05) is 33.3 Å². The first-order valence-electron chi connectivity index (χ1n) is 9.73. The molecule has 0 saturated carbocycles. The van der Waals surface area contributed by atoms with Gasteiger partial charge >= 0.3 is 0 Å². The number of nitrogens with zero attached hydrogens (tertiary/aromatic N) is 2. The first-order chi connectivity index (χ1) is 12.6. The van der Waals surface area contributed by atoms with Crippen LogP contribution in [0.2, 0.25) is 0 Å². The molecule has 5 nitrogen and oxygen atoms in total. The molecule has 0 aliphatic carbocycles. The summed E-state index contributed by atoms with van der Waals surface area (Å²) in [5, 5.41) is 6.56. The summed E-state index contributed by atoms with van der Waals surface area (Å²) in [6.45, 7) is 8.36. The summed E-state index contributed by atoms with van der Waals surface area (Å²) < 4.78 is 19.1. The van der Waals surface area contributed by atoms with Gasteiger partial charge in [-0.3, -0.25) is 4.99 Å². The second kappa shape index (κ2) is 11.0. The number of nitrogens with one attached hydrogen (secondary N) is 2. The molecule has 0 amide bonds. The van der Waals surface area contributed by atoms with Gasteiger partial charge in [-0.25, -0.2) is 4.39 Å². The molecule has 1 unspecified atom stereocenters. The van der Waals surface area contributed by atoms with Crippen LogP contribution in [0.5, 0.6) is 5.75 Å². The van der Waals surface area contributed by atoms with Crippen LogP contribution in [0, 0.1) is 5.82 Å². The van der Waals surface area contributed by atoms with Gasteiger partial charge in [0.2, 0.25) is 0 Å². The lowest BCUT2D eigenvalue weighted by molar-refractivity contribution is 0.159. The van der Waals surface area contributed by atoms with E-state index in [-0.39, 0.29) is 5.82 Å². The Labute approximate surface area is 157 Å². The lowest BCUT2D eigenvalue weighted by Gasteiger charge is -2.33. The zero-order valence-electron chi connectivity index (χ0n) is 16.4. The van der Waals surface area contributed by atoms with E-state index in [0.29, 0.717) is 24.9 Å². The van der Waals surface area contributed by atoms with Crippen molar-refractivity contribution in [1.29, 1.82) is 0 Å². The van der Waals surface area contributed by atoms with E-state index in [4.69, 9.17) is 4.74 Å². The summed E-state index contributed by atoms with van der Waals surface area (Å²) in [5.74, 6) is 0.710. The van der Waals surface area contributed by atoms with E-state index in [1.54, 1.807) is 13.1 Å². The van der Waals surface area contributed by atoms with Crippen LogP contribution in [0.4, 0.5) is 4.39 Å². The van der Waals surface area contributed by atoms with E-state index in [0.717, 1.165) is 31.0 Å². The monoisotopic (exact) mass is 364 g/mol. The predicted octanol–water partition coefficient (Wildman–Crippen LogP) is 3.15. The highest BCUT2D eigenvalue weighted by Gasteiger charge is 2.17. The Morgan fingerprint density at radius 3 is 2.88 bits per heavy atom. The van der Waals surface area contributed by atoms with E-state index >= 15 is 0 Å². The largest absolute Gasteiger partial charge is 0.491 e. The molecule has 1 saturated heterocycles. The van der Waals surface area contributed by atoms with Crippen molar-refractivity contribution in [2.45, 2.75) is 52.1 Å². The number of benzene rings is 1. The minimum atomic E-state index is -0.329. The Morgan fingerprint density at radius 1 is 1.35 bits per heavy atom. The molecule has 1 atom stereocenters. The number of likely N-dealkylation sites (tertiary alicyclic amines) is 1. The van der Waals surface area contributed by atoms with Crippen LogP contribution in [0.1, 0.15) is 45.1 Å². The van der Waals surface area contributed by atoms with Gasteiger partial charge in [0.25, 0.3) is 0 Å². The van der Waals surface area contributed by atoms with E-state index in [1.165, 1.54) is 31.9 Å². The van der Waals surface area contributed by atoms with Crippen LogP contribution in [-0.4, -0.2) is 50.2 Å². The maximum absolute atomic E-state index is 13.9. The Kier molecular flexibility index (Phi) is 8.68. The zero-order valence-corrected chi connectivity index (χ0v) is 16.4. The fourth-order valence-electron chi connectivity index (χ4n) is 3.31. The number of halogens is 1. The van der Waals surface area contributed by atoms with Crippen molar-refractivity contribution in [3.05, 3.63) is 29.6 Å². The molecule has 1 heterocycles. The number of guanidine groups is 1. The van der Waals surface area contributed by atoms with E-state index in [1.807, 2.05) is 13.0 Å². The first kappa shape index (κ1) is 20.5. The van der Waals surface area contributed by atoms with Crippen LogP contribution >= 0.6 is 0 Å². The summed E-state index contributed by atoms with van der Waals surface area (Å²) in [5.41, 5.74) is 0.857. The highest BCUT2D eigenvalue weighted by molar-refractivity contribution is 5.79. The molecule has 0 aromatic heterocycles. The third kappa shape index (κ3) is 6.48. The summed E-state index contributed by atoms with van der Waals surface area (Å²) in [6, 6.07) is 5.75. The van der Waals surface area contributed by atoms with Crippen LogP contribution in [0.15, 0.2) is 23.2 Å². The maximum atomic E-state index is 13.9. The standard InChI is InChI=1S/C20H33FN4O/c1-4-26-19-10-9-17(14-18(19)21)15-24-20(22-3)23-11-7-13-25-12-6-5-8-16(25)2/h9-10,14,16H,4-8,11-13,15H2,1-3H3,(H2,22,23,24). The summed E-state index contributed by atoms with van der Waals surface area (Å²) in [4.78, 5) is 6.81. The third-order valence-electron chi connectivity index (χ3n) is 4.83. The van der Waals surface area contributed by atoms with Crippen molar-refractivity contribution < 1.29 is 9.13 Å². The molecule has 1 aromatic rings. The molecule has 26 heavy (non-hydrogen) atoms. The fraction of sp³-hybridized carbons (Fsp3) is 0.650. The average molecular weight is 365 g/mol. The lowest BCUT2D eigenvalue weighted by atomic mass is 10.0. The number of aliphatic imine (C=N–C) groups is 1. The van der Waals surface area contributed by atoms with Gasteiger partial charge in [0.1, 0.15) is 0 Å². The minimum absolute atomic E-state index is 0.297. The van der Waals surface area contributed by atoms with Crippen molar-refractivity contribution in [2.24, 2.45) is 4.99 Å². The fourth-order valence-corrected chi connectivity index (χ4v) is 3.31. The molecule has 6 heteroatoms. The summed E-state index contributed by atoms with van der Waals surface area (Å²) in [6.07, 6.45) is 5.08. The zero-order chi connectivity index (χ0) is 18.8. The second-order valence-electron chi connectivity index (χ2n) is 6.78. The highest BCUT2D eigenvalue weighted by atomic mass is 19.1. The molecule has 0 bridgehead atoms. The molecular weight excluding hydrogens is 331 g/mol. The first-order valence-corrected chi connectivity index (χ1v) is 9.73. The van der Waals surface area contributed by atoms with Gasteiger partial charge in [-0.1, -0.05) is 12.5 Å². The number of hydrogen-bond acceptors (Lipinski definition) is 3. The Bertz CT molecular complexity index is 579. The van der Waals surface area contributed by atoms with Crippen LogP contribution in [-0.2, 0) is 6.54 Å². The second-order valence-corrected chi connectivity index (χ2v) is 6.78. The highest BCUT2D eigenvalue weighted by Crippen LogP contribution is 2.18. The van der Waals surface area contributed by atoms with Gasteiger partial charge in [0.05, 0.1) is 6.61 Å². The normalized spacial score (nSPS) is 18.6. The van der Waals surface area contributed by atoms with Crippen molar-refractivity contribution >= 4 is 5.96 Å². The van der Waals surface area contributed by atoms with Crippen LogP contribution in [0.25, 0.3) is 0 Å². The predicted molar refractivity (Wildman–Crippen MR) is 105 cm³/mol. The van der Waals surface area contributed by atoms with Crippen molar-refractivity contribution in [3.8, 4) is 5.75 Å². The minimum Gasteiger partial charge on any atom is -0.491 e. The third-order valence-corrected chi connectivity index (χ3v) is 4.83. The molecule has 2 rings (SSSR count). The van der Waals surface area contributed by atoms with E-state index < -0.39 is 0 Å². The van der Waals surface area contributed by atoms with Gasteiger partial charge < -0.3 is 20.3 Å². The molecule has 1 aliphatic rings. The average Bonchev–Trinajstić information content (AvgIpc) is 2.64. The van der Waals surface area contributed by atoms with Crippen LogP contribution < -0.4 is 15.4 Å². The molecule has 2 N–H and O–H groups in total. The van der Waals surface area contributed by atoms with Crippen molar-refractivity contribution in [1.82, 2.24) is 15.5 Å². The van der Waals surface area contributed by atoms with Gasteiger partial charge in [0.15, 0.2) is 17.5 Å². The number of rotatable bonds is 8. The molecule has 0 spiro atoms. The number of ether oxygens (including phenoxy) is 1.